The van der Waals surface area contributed by atoms with E-state index in [1.54, 1.807) is 12.1 Å². The van der Waals surface area contributed by atoms with Crippen LogP contribution in [0.3, 0.4) is 0 Å². The Hall–Kier alpha value is -3.55. The number of nitrogens with one attached hydrogen (secondary N) is 1. The van der Waals surface area contributed by atoms with Gasteiger partial charge in [0.05, 0.1) is 11.3 Å². The fraction of sp³-hybridized carbons (Fsp3) is 0.100. The number of carbonyl (C=O) groups is 2. The summed E-state index contributed by atoms with van der Waals surface area (Å²) in [6.45, 7) is 1.28. The minimum Gasteiger partial charge on any atom is -0.449 e. The lowest BCUT2D eigenvalue weighted by Crippen LogP contribution is -2.30. The molecule has 3 rings (SSSR count). The Morgan fingerprint density at radius 1 is 0.964 bits per heavy atom. The average molecular weight is 388 g/mol. The largest absolute Gasteiger partial charge is 0.449 e. The second kappa shape index (κ2) is 7.99. The Bertz CT molecular complexity index is 1000. The number of hydrogen-bond acceptors (Lipinski definition) is 3. The lowest BCUT2D eigenvalue weighted by atomic mass is 10.2. The molecule has 0 saturated heterocycles. The summed E-state index contributed by atoms with van der Waals surface area (Å²) in [5, 5.41) is 2.06. The van der Waals surface area contributed by atoms with E-state index < -0.39 is 41.1 Å². The van der Waals surface area contributed by atoms with Gasteiger partial charge in [-0.15, -0.1) is 0 Å². The molecule has 0 radical (unpaired) electrons. The standard InChI is InChI=1S/C20H15F3N2O3/c1-12(19(26)24-16-9-8-15(21)17(22)18(16)23)28-20(27)13-4-6-14(7-5-13)25-10-2-3-11-25/h2-12H,1H3,(H,24,26). The van der Waals surface area contributed by atoms with Crippen LogP contribution < -0.4 is 5.32 Å². The third-order valence-electron chi connectivity index (χ3n) is 3.95. The maximum Gasteiger partial charge on any atom is 0.338 e. The number of benzene rings is 2. The molecule has 0 aliphatic heterocycles. The van der Waals surface area contributed by atoms with Gasteiger partial charge < -0.3 is 14.6 Å². The molecule has 1 unspecified atom stereocenters. The molecule has 3 aromatic rings. The Kier molecular flexibility index (Phi) is 5.49. The van der Waals surface area contributed by atoms with Crippen LogP contribution in [0, 0.1) is 17.5 Å². The van der Waals surface area contributed by atoms with Crippen molar-refractivity contribution in [2.24, 2.45) is 0 Å². The minimum atomic E-state index is -1.70. The number of ether oxygens (including phenoxy) is 1. The summed E-state index contributed by atoms with van der Waals surface area (Å²) in [4.78, 5) is 24.2. The molecule has 0 saturated carbocycles. The van der Waals surface area contributed by atoms with Crippen molar-refractivity contribution in [1.29, 1.82) is 0 Å². The summed E-state index contributed by atoms with van der Waals surface area (Å²) in [6.07, 6.45) is 2.40. The number of carbonyl (C=O) groups excluding carboxylic acids is 2. The molecule has 1 heterocycles. The van der Waals surface area contributed by atoms with Crippen LogP contribution in [0.25, 0.3) is 5.69 Å². The van der Waals surface area contributed by atoms with Gasteiger partial charge in [-0.2, -0.15) is 0 Å². The molecule has 0 bridgehead atoms. The lowest BCUT2D eigenvalue weighted by Gasteiger charge is -2.14. The molecule has 2 aromatic carbocycles. The number of hydrogen-bond donors (Lipinski definition) is 1. The number of amides is 1. The predicted molar refractivity (Wildman–Crippen MR) is 95.6 cm³/mol. The normalized spacial score (nSPS) is 11.7. The second-order valence-corrected chi connectivity index (χ2v) is 5.90. The van der Waals surface area contributed by atoms with Crippen LogP contribution in [0.2, 0.25) is 0 Å². The van der Waals surface area contributed by atoms with E-state index in [1.807, 2.05) is 29.1 Å². The first-order chi connectivity index (χ1) is 13.4. The molecular weight excluding hydrogens is 373 g/mol. The lowest BCUT2D eigenvalue weighted by molar-refractivity contribution is -0.123. The smallest absolute Gasteiger partial charge is 0.338 e. The number of anilines is 1. The average Bonchev–Trinajstić information content (AvgIpc) is 3.23. The van der Waals surface area contributed by atoms with Crippen LogP contribution in [0.4, 0.5) is 18.9 Å². The van der Waals surface area contributed by atoms with Crippen LogP contribution in [0.15, 0.2) is 60.9 Å². The van der Waals surface area contributed by atoms with Gasteiger partial charge in [-0.3, -0.25) is 4.79 Å². The van der Waals surface area contributed by atoms with Gasteiger partial charge in [-0.05, 0) is 55.5 Å². The molecule has 1 aromatic heterocycles. The van der Waals surface area contributed by atoms with Crippen molar-refractivity contribution in [3.8, 4) is 5.69 Å². The molecular formula is C20H15F3N2O3. The van der Waals surface area contributed by atoms with Crippen molar-refractivity contribution in [3.05, 3.63) is 83.9 Å². The molecule has 0 fully saturated rings. The molecule has 0 spiro atoms. The zero-order chi connectivity index (χ0) is 20.3. The third-order valence-corrected chi connectivity index (χ3v) is 3.95. The van der Waals surface area contributed by atoms with E-state index in [1.165, 1.54) is 19.1 Å². The van der Waals surface area contributed by atoms with Crippen molar-refractivity contribution < 1.29 is 27.5 Å². The van der Waals surface area contributed by atoms with Gasteiger partial charge in [0.2, 0.25) is 0 Å². The maximum absolute atomic E-state index is 13.6. The van der Waals surface area contributed by atoms with E-state index in [0.717, 1.165) is 11.8 Å². The first kappa shape index (κ1) is 19.2. The zero-order valence-corrected chi connectivity index (χ0v) is 14.7. The van der Waals surface area contributed by atoms with Gasteiger partial charge in [0.15, 0.2) is 23.6 Å². The van der Waals surface area contributed by atoms with E-state index in [4.69, 9.17) is 4.74 Å². The first-order valence-electron chi connectivity index (χ1n) is 8.25. The topological polar surface area (TPSA) is 60.3 Å². The van der Waals surface area contributed by atoms with Crippen LogP contribution in [-0.2, 0) is 9.53 Å². The van der Waals surface area contributed by atoms with Crippen molar-refractivity contribution in [2.45, 2.75) is 13.0 Å². The van der Waals surface area contributed by atoms with E-state index in [9.17, 15) is 22.8 Å². The van der Waals surface area contributed by atoms with E-state index in [-0.39, 0.29) is 5.56 Å². The van der Waals surface area contributed by atoms with Gasteiger partial charge in [-0.1, -0.05) is 0 Å². The monoisotopic (exact) mass is 388 g/mol. The zero-order valence-electron chi connectivity index (χ0n) is 14.7. The summed E-state index contributed by atoms with van der Waals surface area (Å²) in [7, 11) is 0. The van der Waals surface area contributed by atoms with Gasteiger partial charge in [0.25, 0.3) is 5.91 Å². The summed E-state index contributed by atoms with van der Waals surface area (Å²) >= 11 is 0. The van der Waals surface area contributed by atoms with E-state index >= 15 is 0 Å². The Morgan fingerprint density at radius 2 is 1.61 bits per heavy atom. The molecule has 1 atom stereocenters. The number of aromatic nitrogens is 1. The summed E-state index contributed by atoms with van der Waals surface area (Å²) in [6, 6.07) is 11.8. The van der Waals surface area contributed by atoms with Gasteiger partial charge in [-0.25, -0.2) is 18.0 Å². The van der Waals surface area contributed by atoms with Crippen LogP contribution in [0.5, 0.6) is 0 Å². The second-order valence-electron chi connectivity index (χ2n) is 5.90. The van der Waals surface area contributed by atoms with Crippen LogP contribution in [0.1, 0.15) is 17.3 Å². The molecule has 1 N–H and O–H groups in total. The van der Waals surface area contributed by atoms with Crippen LogP contribution in [-0.4, -0.2) is 22.5 Å². The third kappa shape index (κ3) is 4.06. The highest BCUT2D eigenvalue weighted by Gasteiger charge is 2.22. The molecule has 0 aliphatic rings. The predicted octanol–water partition coefficient (Wildman–Crippen LogP) is 4.08. The number of rotatable bonds is 5. The molecule has 144 valence electrons. The van der Waals surface area contributed by atoms with Gasteiger partial charge in [0, 0.05) is 18.1 Å². The Labute approximate surface area is 158 Å². The number of nitrogens with zero attached hydrogens (tertiary/aromatic N) is 1. The number of halogens is 3. The molecule has 28 heavy (non-hydrogen) atoms. The summed E-state index contributed by atoms with van der Waals surface area (Å²) in [5.74, 6) is -6.26. The molecule has 1 amide bonds. The van der Waals surface area contributed by atoms with Crippen molar-refractivity contribution in [3.63, 3.8) is 0 Å². The van der Waals surface area contributed by atoms with E-state index in [0.29, 0.717) is 6.07 Å². The fourth-order valence-electron chi connectivity index (χ4n) is 2.42. The van der Waals surface area contributed by atoms with E-state index in [2.05, 4.69) is 5.32 Å². The van der Waals surface area contributed by atoms with Gasteiger partial charge in [0.1, 0.15) is 0 Å². The maximum atomic E-state index is 13.6. The summed E-state index contributed by atoms with van der Waals surface area (Å²) in [5.41, 5.74) is 0.499. The van der Waals surface area contributed by atoms with Crippen molar-refractivity contribution in [1.82, 2.24) is 4.57 Å². The molecule has 0 aliphatic carbocycles. The summed E-state index contributed by atoms with van der Waals surface area (Å²) < 4.78 is 46.7. The highest BCUT2D eigenvalue weighted by molar-refractivity contribution is 5.97. The number of esters is 1. The van der Waals surface area contributed by atoms with Crippen LogP contribution >= 0.6 is 0 Å². The van der Waals surface area contributed by atoms with Crippen molar-refractivity contribution in [2.75, 3.05) is 5.32 Å². The first-order valence-corrected chi connectivity index (χ1v) is 8.25. The Balaban J connectivity index is 1.63. The molecule has 5 nitrogen and oxygen atoms in total. The SMILES string of the molecule is CC(OC(=O)c1ccc(-n2cccc2)cc1)C(=O)Nc1ccc(F)c(F)c1F. The molecule has 8 heteroatoms. The minimum absolute atomic E-state index is 0.217. The quantitative estimate of drug-likeness (QED) is 0.529. The highest BCUT2D eigenvalue weighted by Crippen LogP contribution is 2.20. The van der Waals surface area contributed by atoms with Gasteiger partial charge >= 0.3 is 5.97 Å². The van der Waals surface area contributed by atoms with Crippen molar-refractivity contribution >= 4 is 17.6 Å². The highest BCUT2D eigenvalue weighted by atomic mass is 19.2. The fourth-order valence-corrected chi connectivity index (χ4v) is 2.42. The Morgan fingerprint density at radius 3 is 2.25 bits per heavy atom.